The summed E-state index contributed by atoms with van der Waals surface area (Å²) in [6.07, 6.45) is 4.41. The van der Waals surface area contributed by atoms with Gasteiger partial charge in [0.05, 0.1) is 11.5 Å². The first-order chi connectivity index (χ1) is 10.7. The van der Waals surface area contributed by atoms with Crippen molar-refractivity contribution in [2.75, 3.05) is 13.2 Å². The van der Waals surface area contributed by atoms with Gasteiger partial charge in [-0.15, -0.1) is 0 Å². The Kier molecular flexibility index (Phi) is 5.80. The van der Waals surface area contributed by atoms with Crippen molar-refractivity contribution in [1.29, 1.82) is 0 Å². The molecular weight excluding hydrogens is 300 g/mol. The SMILES string of the molecule is CCOc1ccc(C/C=C/c2sc(=O)n(CCN)c2O)cc1. The molecule has 3 N–H and O–H groups in total. The summed E-state index contributed by atoms with van der Waals surface area (Å²) in [6, 6.07) is 7.86. The summed E-state index contributed by atoms with van der Waals surface area (Å²) in [6.45, 7) is 3.25. The number of hydrogen-bond acceptors (Lipinski definition) is 5. The quantitative estimate of drug-likeness (QED) is 0.820. The Morgan fingerprint density at radius 2 is 2.09 bits per heavy atom. The highest BCUT2D eigenvalue weighted by Crippen LogP contribution is 2.21. The second kappa shape index (κ2) is 7.82. The highest BCUT2D eigenvalue weighted by Gasteiger charge is 2.10. The minimum absolute atomic E-state index is 0.0107. The van der Waals surface area contributed by atoms with E-state index in [-0.39, 0.29) is 10.8 Å². The Morgan fingerprint density at radius 1 is 1.36 bits per heavy atom. The molecule has 6 heteroatoms. The fraction of sp³-hybridized carbons (Fsp3) is 0.312. The largest absolute Gasteiger partial charge is 0.494 e. The molecule has 0 radical (unpaired) electrons. The third-order valence-corrected chi connectivity index (χ3v) is 4.04. The van der Waals surface area contributed by atoms with Crippen LogP contribution < -0.4 is 15.3 Å². The average molecular weight is 320 g/mol. The van der Waals surface area contributed by atoms with Crippen LogP contribution in [0, 0.1) is 0 Å². The number of nitrogens with two attached hydrogens (primary N) is 1. The lowest BCUT2D eigenvalue weighted by Crippen LogP contribution is -2.18. The fourth-order valence-corrected chi connectivity index (χ4v) is 2.88. The van der Waals surface area contributed by atoms with Gasteiger partial charge in [-0.25, -0.2) is 0 Å². The molecule has 0 fully saturated rings. The first kappa shape index (κ1) is 16.3. The number of rotatable bonds is 7. The molecule has 0 aliphatic rings. The topological polar surface area (TPSA) is 77.5 Å². The smallest absolute Gasteiger partial charge is 0.310 e. The third kappa shape index (κ3) is 3.99. The molecule has 0 atom stereocenters. The van der Waals surface area contributed by atoms with Gasteiger partial charge in [0.15, 0.2) is 0 Å². The molecule has 0 amide bonds. The molecule has 0 aliphatic carbocycles. The monoisotopic (exact) mass is 320 g/mol. The van der Waals surface area contributed by atoms with Crippen LogP contribution in [0.15, 0.2) is 35.1 Å². The van der Waals surface area contributed by atoms with Crippen LogP contribution in [0.1, 0.15) is 17.4 Å². The Morgan fingerprint density at radius 3 is 2.73 bits per heavy atom. The minimum atomic E-state index is -0.191. The van der Waals surface area contributed by atoms with Gasteiger partial charge in [0, 0.05) is 13.1 Å². The number of aromatic hydroxyl groups is 1. The van der Waals surface area contributed by atoms with E-state index in [1.165, 1.54) is 4.57 Å². The number of thiazole rings is 1. The number of aromatic nitrogens is 1. The number of hydrogen-bond donors (Lipinski definition) is 2. The maximum atomic E-state index is 11.7. The second-order valence-corrected chi connectivity index (χ2v) is 5.67. The molecule has 5 nitrogen and oxygen atoms in total. The molecule has 0 unspecified atom stereocenters. The van der Waals surface area contributed by atoms with Crippen molar-refractivity contribution in [3.8, 4) is 11.6 Å². The summed E-state index contributed by atoms with van der Waals surface area (Å²) in [5.41, 5.74) is 6.56. The summed E-state index contributed by atoms with van der Waals surface area (Å²) in [4.78, 5) is 12.1. The van der Waals surface area contributed by atoms with Crippen LogP contribution in [-0.4, -0.2) is 22.8 Å². The molecule has 0 saturated carbocycles. The van der Waals surface area contributed by atoms with E-state index in [1.807, 2.05) is 37.3 Å². The van der Waals surface area contributed by atoms with Crippen LogP contribution >= 0.6 is 11.3 Å². The van der Waals surface area contributed by atoms with E-state index in [0.29, 0.717) is 24.6 Å². The minimum Gasteiger partial charge on any atom is -0.494 e. The van der Waals surface area contributed by atoms with E-state index in [1.54, 1.807) is 6.08 Å². The van der Waals surface area contributed by atoms with Gasteiger partial charge in [-0.1, -0.05) is 29.5 Å². The average Bonchev–Trinajstić information content (AvgIpc) is 2.77. The van der Waals surface area contributed by atoms with E-state index in [9.17, 15) is 9.90 Å². The fourth-order valence-electron chi connectivity index (χ4n) is 2.04. The van der Waals surface area contributed by atoms with Gasteiger partial charge in [0.25, 0.3) is 0 Å². The highest BCUT2D eigenvalue weighted by atomic mass is 32.1. The van der Waals surface area contributed by atoms with E-state index in [4.69, 9.17) is 10.5 Å². The summed E-state index contributed by atoms with van der Waals surface area (Å²) in [5, 5.41) is 9.98. The molecule has 0 bridgehead atoms. The van der Waals surface area contributed by atoms with Gasteiger partial charge in [-0.2, -0.15) is 0 Å². The lowest BCUT2D eigenvalue weighted by molar-refractivity contribution is 0.340. The Bertz CT molecular complexity index is 686. The Balaban J connectivity index is 2.03. The lowest BCUT2D eigenvalue weighted by Gasteiger charge is -2.03. The zero-order valence-electron chi connectivity index (χ0n) is 12.5. The number of benzene rings is 1. The van der Waals surface area contributed by atoms with E-state index in [2.05, 4.69) is 0 Å². The highest BCUT2D eigenvalue weighted by molar-refractivity contribution is 7.10. The van der Waals surface area contributed by atoms with Gasteiger partial charge in [-0.05, 0) is 37.1 Å². The molecule has 0 spiro atoms. The molecule has 2 aromatic rings. The molecule has 1 aromatic heterocycles. The van der Waals surface area contributed by atoms with Gasteiger partial charge in [0.2, 0.25) is 5.88 Å². The van der Waals surface area contributed by atoms with Crippen molar-refractivity contribution in [2.45, 2.75) is 19.9 Å². The second-order valence-electron chi connectivity index (χ2n) is 4.68. The van der Waals surface area contributed by atoms with E-state index < -0.39 is 0 Å². The Labute approximate surface area is 133 Å². The van der Waals surface area contributed by atoms with Crippen molar-refractivity contribution in [3.05, 3.63) is 50.4 Å². The molecule has 0 aliphatic heterocycles. The lowest BCUT2D eigenvalue weighted by atomic mass is 10.1. The van der Waals surface area contributed by atoms with Crippen molar-refractivity contribution >= 4 is 17.4 Å². The maximum absolute atomic E-state index is 11.7. The van der Waals surface area contributed by atoms with Crippen molar-refractivity contribution < 1.29 is 9.84 Å². The standard InChI is InChI=1S/C16H20N2O3S/c1-2-21-13-8-6-12(7-9-13)4-3-5-14-15(19)18(11-10-17)16(20)22-14/h3,5-9,19H,2,4,10-11,17H2,1H3/b5-3+. The van der Waals surface area contributed by atoms with E-state index >= 15 is 0 Å². The molecule has 0 saturated heterocycles. The van der Waals surface area contributed by atoms with Gasteiger partial charge < -0.3 is 15.6 Å². The van der Waals surface area contributed by atoms with Crippen LogP contribution in [0.3, 0.4) is 0 Å². The predicted octanol–water partition coefficient (Wildman–Crippen LogP) is 2.23. The van der Waals surface area contributed by atoms with Crippen LogP contribution in [0.5, 0.6) is 11.6 Å². The van der Waals surface area contributed by atoms with Crippen LogP contribution in [0.2, 0.25) is 0 Å². The van der Waals surface area contributed by atoms with Gasteiger partial charge >= 0.3 is 4.87 Å². The molecule has 1 aromatic carbocycles. The number of ether oxygens (including phenoxy) is 1. The maximum Gasteiger partial charge on any atom is 0.310 e. The predicted molar refractivity (Wildman–Crippen MR) is 89.6 cm³/mol. The zero-order chi connectivity index (χ0) is 15.9. The van der Waals surface area contributed by atoms with E-state index in [0.717, 1.165) is 29.1 Å². The first-order valence-corrected chi connectivity index (χ1v) is 7.98. The van der Waals surface area contributed by atoms with Crippen molar-refractivity contribution in [3.63, 3.8) is 0 Å². The molecular formula is C16H20N2O3S. The molecule has 22 heavy (non-hydrogen) atoms. The Hall–Kier alpha value is -2.05. The number of nitrogens with zero attached hydrogens (tertiary/aromatic N) is 1. The summed E-state index contributed by atoms with van der Waals surface area (Å²) < 4.78 is 6.69. The summed E-state index contributed by atoms with van der Waals surface area (Å²) in [5.74, 6) is 0.841. The van der Waals surface area contributed by atoms with Gasteiger partial charge in [0.1, 0.15) is 5.75 Å². The molecule has 2 rings (SSSR count). The summed E-state index contributed by atoms with van der Waals surface area (Å²) in [7, 11) is 0. The molecule has 1 heterocycles. The summed E-state index contributed by atoms with van der Waals surface area (Å²) >= 11 is 1.02. The van der Waals surface area contributed by atoms with Crippen LogP contribution in [-0.2, 0) is 13.0 Å². The van der Waals surface area contributed by atoms with Crippen molar-refractivity contribution in [1.82, 2.24) is 4.57 Å². The van der Waals surface area contributed by atoms with Gasteiger partial charge in [-0.3, -0.25) is 9.36 Å². The van der Waals surface area contributed by atoms with Crippen LogP contribution in [0.25, 0.3) is 6.08 Å². The third-order valence-electron chi connectivity index (χ3n) is 3.10. The normalized spacial score (nSPS) is 11.2. The van der Waals surface area contributed by atoms with Crippen LogP contribution in [0.4, 0.5) is 0 Å². The number of allylic oxidation sites excluding steroid dienone is 1. The van der Waals surface area contributed by atoms with Crippen molar-refractivity contribution in [2.24, 2.45) is 5.73 Å². The molecule has 118 valence electrons. The zero-order valence-corrected chi connectivity index (χ0v) is 13.3. The first-order valence-electron chi connectivity index (χ1n) is 7.16.